The summed E-state index contributed by atoms with van der Waals surface area (Å²) in [5, 5.41) is 18.2. The van der Waals surface area contributed by atoms with Crippen molar-refractivity contribution in [1.29, 1.82) is 0 Å². The van der Waals surface area contributed by atoms with Crippen molar-refractivity contribution in [2.45, 2.75) is 13.1 Å². The van der Waals surface area contributed by atoms with E-state index in [-0.39, 0.29) is 37.0 Å². The van der Waals surface area contributed by atoms with E-state index in [4.69, 9.17) is 9.47 Å². The number of nitro groups is 1. The molecule has 2 aromatic heterocycles. The fourth-order valence-corrected chi connectivity index (χ4v) is 3.61. The Morgan fingerprint density at radius 1 is 1.15 bits per heavy atom. The van der Waals surface area contributed by atoms with E-state index < -0.39 is 4.92 Å². The molecule has 0 atom stereocenters. The van der Waals surface area contributed by atoms with E-state index in [9.17, 15) is 19.7 Å². The first-order valence-corrected chi connectivity index (χ1v) is 10.3. The zero-order chi connectivity index (χ0) is 23.7. The smallest absolute Gasteiger partial charge is 0.269 e. The number of aromatic nitrogens is 4. The van der Waals surface area contributed by atoms with Gasteiger partial charge in [-0.2, -0.15) is 5.10 Å². The predicted octanol–water partition coefficient (Wildman–Crippen LogP) is 1.71. The van der Waals surface area contributed by atoms with Crippen molar-refractivity contribution in [3.63, 3.8) is 0 Å². The maximum atomic E-state index is 12.9. The molecule has 12 nitrogen and oxygen atoms in total. The minimum absolute atomic E-state index is 0.0171. The van der Waals surface area contributed by atoms with Crippen LogP contribution in [0.1, 0.15) is 15.9 Å². The second-order valence-electron chi connectivity index (χ2n) is 7.53. The van der Waals surface area contributed by atoms with Gasteiger partial charge in [0.25, 0.3) is 17.2 Å². The highest BCUT2D eigenvalue weighted by Crippen LogP contribution is 2.32. The summed E-state index contributed by atoms with van der Waals surface area (Å²) in [5.41, 5.74) is 1.28. The Morgan fingerprint density at radius 3 is 2.74 bits per heavy atom. The molecule has 4 aromatic rings. The predicted molar refractivity (Wildman–Crippen MR) is 119 cm³/mol. The number of non-ortho nitro benzene ring substituents is 1. The number of carbonyl (C=O) groups is 1. The lowest BCUT2D eigenvalue weighted by Gasteiger charge is -2.08. The normalized spacial score (nSPS) is 12.1. The quantitative estimate of drug-likeness (QED) is 0.323. The number of nitrogens with one attached hydrogen (secondary N) is 1. The molecule has 0 spiro atoms. The SMILES string of the molecule is O=C(NCCn1ncc2c(=O)n(Cc3ccc([N+](=O)[O-])cc3)cnc21)c1ccc2c(c1)OCO2. The standard InChI is InChI=1S/C22H18N6O6/c29-21(15-3-6-18-19(9-15)34-13-33-18)23-7-8-27-20-17(10-25-27)22(30)26(12-24-20)11-14-1-4-16(5-2-14)28(31)32/h1-6,9-10,12H,7-8,11,13H2,(H,23,29). The second-order valence-corrected chi connectivity index (χ2v) is 7.53. The molecule has 2 aromatic carbocycles. The summed E-state index contributed by atoms with van der Waals surface area (Å²) in [6.45, 7) is 0.947. The van der Waals surface area contributed by atoms with Crippen LogP contribution >= 0.6 is 0 Å². The molecular weight excluding hydrogens is 444 g/mol. The summed E-state index contributed by atoms with van der Waals surface area (Å²) in [4.78, 5) is 39.9. The van der Waals surface area contributed by atoms with Gasteiger partial charge in [0.15, 0.2) is 17.1 Å². The second kappa shape index (κ2) is 8.65. The number of nitrogens with zero attached hydrogens (tertiary/aromatic N) is 5. The third-order valence-electron chi connectivity index (χ3n) is 5.37. The summed E-state index contributed by atoms with van der Waals surface area (Å²) in [6, 6.07) is 10.9. The molecule has 0 bridgehead atoms. The number of ether oxygens (including phenoxy) is 2. The molecule has 0 aliphatic carbocycles. The first kappa shape index (κ1) is 21.1. The summed E-state index contributed by atoms with van der Waals surface area (Å²) in [5.74, 6) is 0.859. The number of rotatable bonds is 7. The zero-order valence-corrected chi connectivity index (χ0v) is 17.7. The largest absolute Gasteiger partial charge is 0.454 e. The van der Waals surface area contributed by atoms with Crippen LogP contribution in [-0.2, 0) is 13.1 Å². The third kappa shape index (κ3) is 4.03. The molecule has 172 valence electrons. The lowest BCUT2D eigenvalue weighted by Crippen LogP contribution is -2.27. The molecule has 0 saturated carbocycles. The van der Waals surface area contributed by atoms with Crippen molar-refractivity contribution >= 4 is 22.6 Å². The fourth-order valence-electron chi connectivity index (χ4n) is 3.61. The Labute approximate surface area is 191 Å². The number of nitro benzene ring substituents is 1. The van der Waals surface area contributed by atoms with E-state index in [1.54, 1.807) is 35.0 Å². The first-order chi connectivity index (χ1) is 16.5. The lowest BCUT2D eigenvalue weighted by molar-refractivity contribution is -0.384. The molecule has 3 heterocycles. The van der Waals surface area contributed by atoms with Crippen molar-refractivity contribution in [2.75, 3.05) is 13.3 Å². The monoisotopic (exact) mass is 462 g/mol. The highest BCUT2D eigenvalue weighted by Gasteiger charge is 2.16. The molecule has 12 heteroatoms. The van der Waals surface area contributed by atoms with Gasteiger partial charge in [-0.3, -0.25) is 24.3 Å². The van der Waals surface area contributed by atoms with Gasteiger partial charge in [0.05, 0.1) is 24.2 Å². The molecule has 1 amide bonds. The molecule has 1 N–H and O–H groups in total. The van der Waals surface area contributed by atoms with Gasteiger partial charge in [-0.25, -0.2) is 9.67 Å². The van der Waals surface area contributed by atoms with Crippen LogP contribution in [-0.4, -0.2) is 43.5 Å². The van der Waals surface area contributed by atoms with Crippen molar-refractivity contribution in [3.05, 3.63) is 86.6 Å². The molecular formula is C22H18N6O6. The van der Waals surface area contributed by atoms with Crippen LogP contribution < -0.4 is 20.3 Å². The van der Waals surface area contributed by atoms with E-state index in [0.717, 1.165) is 5.56 Å². The maximum Gasteiger partial charge on any atom is 0.269 e. The van der Waals surface area contributed by atoms with E-state index in [1.807, 2.05) is 0 Å². The molecule has 0 fully saturated rings. The molecule has 0 saturated heterocycles. The maximum absolute atomic E-state index is 12.9. The van der Waals surface area contributed by atoms with Crippen molar-refractivity contribution in [2.24, 2.45) is 0 Å². The van der Waals surface area contributed by atoms with E-state index in [0.29, 0.717) is 34.6 Å². The van der Waals surface area contributed by atoms with E-state index in [1.165, 1.54) is 29.2 Å². The average molecular weight is 462 g/mol. The van der Waals surface area contributed by atoms with Gasteiger partial charge in [-0.1, -0.05) is 12.1 Å². The van der Waals surface area contributed by atoms with Crippen molar-refractivity contribution in [1.82, 2.24) is 24.6 Å². The number of benzene rings is 2. The minimum atomic E-state index is -0.477. The van der Waals surface area contributed by atoms with E-state index >= 15 is 0 Å². The molecule has 0 unspecified atom stereocenters. The van der Waals surface area contributed by atoms with Gasteiger partial charge in [0.1, 0.15) is 11.7 Å². The molecule has 1 aliphatic heterocycles. The number of fused-ring (bicyclic) bond motifs is 2. The number of hydrogen-bond donors (Lipinski definition) is 1. The highest BCUT2D eigenvalue weighted by atomic mass is 16.7. The summed E-state index contributed by atoms with van der Waals surface area (Å²) < 4.78 is 13.5. The lowest BCUT2D eigenvalue weighted by atomic mass is 10.2. The molecule has 1 aliphatic rings. The van der Waals surface area contributed by atoms with Crippen LogP contribution in [0.3, 0.4) is 0 Å². The van der Waals surface area contributed by atoms with Crippen molar-refractivity contribution in [3.8, 4) is 11.5 Å². The van der Waals surface area contributed by atoms with Crippen LogP contribution in [0.5, 0.6) is 11.5 Å². The number of amides is 1. The fraction of sp³-hybridized carbons (Fsp3) is 0.182. The number of carbonyl (C=O) groups excluding carboxylic acids is 1. The minimum Gasteiger partial charge on any atom is -0.454 e. The number of hydrogen-bond acceptors (Lipinski definition) is 8. The third-order valence-corrected chi connectivity index (χ3v) is 5.37. The molecule has 0 radical (unpaired) electrons. The topological polar surface area (TPSA) is 143 Å². The van der Waals surface area contributed by atoms with E-state index in [2.05, 4.69) is 15.4 Å². The first-order valence-electron chi connectivity index (χ1n) is 10.3. The van der Waals surface area contributed by atoms with Gasteiger partial charge >= 0.3 is 0 Å². The van der Waals surface area contributed by atoms with Gasteiger partial charge in [0, 0.05) is 24.2 Å². The molecule has 5 rings (SSSR count). The summed E-state index contributed by atoms with van der Waals surface area (Å²) in [6.07, 6.45) is 2.85. The Balaban J connectivity index is 1.25. The Hall–Kier alpha value is -4.74. The molecule has 34 heavy (non-hydrogen) atoms. The Kier molecular flexibility index (Phi) is 5.38. The Bertz CT molecular complexity index is 1460. The summed E-state index contributed by atoms with van der Waals surface area (Å²) in [7, 11) is 0. The van der Waals surface area contributed by atoms with Crippen LogP contribution in [0, 0.1) is 10.1 Å². The van der Waals surface area contributed by atoms with Crippen LogP contribution in [0.2, 0.25) is 0 Å². The average Bonchev–Trinajstić information content (AvgIpc) is 3.48. The van der Waals surface area contributed by atoms with Crippen LogP contribution in [0.25, 0.3) is 11.0 Å². The van der Waals surface area contributed by atoms with Gasteiger partial charge in [-0.05, 0) is 23.8 Å². The summed E-state index contributed by atoms with van der Waals surface area (Å²) >= 11 is 0. The van der Waals surface area contributed by atoms with Gasteiger partial charge in [-0.15, -0.1) is 0 Å². The Morgan fingerprint density at radius 2 is 1.94 bits per heavy atom. The van der Waals surface area contributed by atoms with Crippen LogP contribution in [0.4, 0.5) is 5.69 Å². The van der Waals surface area contributed by atoms with Gasteiger partial charge in [0.2, 0.25) is 6.79 Å². The van der Waals surface area contributed by atoms with Crippen molar-refractivity contribution < 1.29 is 19.2 Å². The van der Waals surface area contributed by atoms with Crippen LogP contribution in [0.15, 0.2) is 59.8 Å². The zero-order valence-electron chi connectivity index (χ0n) is 17.7. The van der Waals surface area contributed by atoms with Gasteiger partial charge < -0.3 is 14.8 Å². The highest BCUT2D eigenvalue weighted by molar-refractivity contribution is 5.94.